The van der Waals surface area contributed by atoms with Gasteiger partial charge in [-0.1, -0.05) is 6.92 Å². The number of nitrogens with zero attached hydrogens (tertiary/aromatic N) is 1. The van der Waals surface area contributed by atoms with Crippen molar-refractivity contribution in [2.24, 2.45) is 11.7 Å². The van der Waals surface area contributed by atoms with Crippen molar-refractivity contribution in [3.8, 4) is 0 Å². The molecule has 1 aliphatic rings. The summed E-state index contributed by atoms with van der Waals surface area (Å²) in [7, 11) is 0. The van der Waals surface area contributed by atoms with E-state index in [0.29, 0.717) is 12.0 Å². The molecule has 1 aromatic heterocycles. The minimum Gasteiger partial charge on any atom is -0.330 e. The van der Waals surface area contributed by atoms with Gasteiger partial charge in [0.25, 0.3) is 0 Å². The molecule has 1 aliphatic heterocycles. The first kappa shape index (κ1) is 12.1. The Balaban J connectivity index is 2.22. The SMILES string of the molecule is CCCN1CCC(CN)C1c1sccc1C. The largest absolute Gasteiger partial charge is 0.330 e. The second-order valence-electron chi connectivity index (χ2n) is 4.73. The lowest BCUT2D eigenvalue weighted by atomic mass is 9.97. The molecule has 2 rings (SSSR count). The van der Waals surface area contributed by atoms with Gasteiger partial charge in [-0.25, -0.2) is 0 Å². The molecule has 0 radical (unpaired) electrons. The Morgan fingerprint density at radius 1 is 1.56 bits per heavy atom. The number of nitrogens with two attached hydrogens (primary N) is 1. The van der Waals surface area contributed by atoms with E-state index in [1.165, 1.54) is 31.5 Å². The third kappa shape index (κ3) is 2.17. The maximum atomic E-state index is 5.92. The second-order valence-corrected chi connectivity index (χ2v) is 5.68. The molecule has 0 spiro atoms. The van der Waals surface area contributed by atoms with Gasteiger partial charge in [-0.2, -0.15) is 0 Å². The predicted octanol–water partition coefficient (Wildman–Crippen LogP) is 2.79. The molecule has 0 aliphatic carbocycles. The van der Waals surface area contributed by atoms with E-state index >= 15 is 0 Å². The van der Waals surface area contributed by atoms with E-state index in [1.807, 2.05) is 11.3 Å². The normalized spacial score (nSPS) is 26.4. The van der Waals surface area contributed by atoms with Crippen LogP contribution < -0.4 is 5.73 Å². The van der Waals surface area contributed by atoms with E-state index in [9.17, 15) is 0 Å². The van der Waals surface area contributed by atoms with Crippen LogP contribution in [0.1, 0.15) is 36.2 Å². The molecular weight excluding hydrogens is 216 g/mol. The van der Waals surface area contributed by atoms with Gasteiger partial charge in [0.15, 0.2) is 0 Å². The summed E-state index contributed by atoms with van der Waals surface area (Å²) in [5.74, 6) is 0.656. The highest BCUT2D eigenvalue weighted by Crippen LogP contribution is 2.40. The smallest absolute Gasteiger partial charge is 0.0484 e. The van der Waals surface area contributed by atoms with Crippen LogP contribution in [-0.4, -0.2) is 24.5 Å². The van der Waals surface area contributed by atoms with Crippen LogP contribution >= 0.6 is 11.3 Å². The van der Waals surface area contributed by atoms with Crippen LogP contribution in [0.4, 0.5) is 0 Å². The van der Waals surface area contributed by atoms with E-state index in [-0.39, 0.29) is 0 Å². The number of thiophene rings is 1. The van der Waals surface area contributed by atoms with Gasteiger partial charge in [0.1, 0.15) is 0 Å². The summed E-state index contributed by atoms with van der Waals surface area (Å²) < 4.78 is 0. The van der Waals surface area contributed by atoms with E-state index in [4.69, 9.17) is 5.73 Å². The molecule has 2 heterocycles. The third-order valence-electron chi connectivity index (χ3n) is 3.61. The molecule has 2 unspecified atom stereocenters. The van der Waals surface area contributed by atoms with Crippen LogP contribution in [0.2, 0.25) is 0 Å². The summed E-state index contributed by atoms with van der Waals surface area (Å²) in [6.07, 6.45) is 2.50. The Morgan fingerprint density at radius 2 is 2.38 bits per heavy atom. The molecule has 2 N–H and O–H groups in total. The molecule has 0 saturated carbocycles. The van der Waals surface area contributed by atoms with Gasteiger partial charge < -0.3 is 5.73 Å². The average molecular weight is 238 g/mol. The average Bonchev–Trinajstić information content (AvgIpc) is 2.85. The lowest BCUT2D eigenvalue weighted by Gasteiger charge is -2.27. The van der Waals surface area contributed by atoms with Gasteiger partial charge in [-0.15, -0.1) is 11.3 Å². The standard InChI is InChI=1S/C13H22N2S/c1-3-6-15-7-4-11(9-14)12(15)13-10(2)5-8-16-13/h5,8,11-12H,3-4,6-7,9,14H2,1-2H3. The summed E-state index contributed by atoms with van der Waals surface area (Å²) >= 11 is 1.90. The van der Waals surface area contributed by atoms with Gasteiger partial charge in [0.2, 0.25) is 0 Å². The molecule has 2 atom stereocenters. The fourth-order valence-electron chi connectivity index (χ4n) is 2.78. The highest BCUT2D eigenvalue weighted by molar-refractivity contribution is 7.10. The second kappa shape index (κ2) is 5.30. The van der Waals surface area contributed by atoms with Crippen LogP contribution in [0.15, 0.2) is 11.4 Å². The molecule has 0 aromatic carbocycles. The Hall–Kier alpha value is -0.380. The Morgan fingerprint density at radius 3 is 2.94 bits per heavy atom. The fraction of sp³-hybridized carbons (Fsp3) is 0.692. The summed E-state index contributed by atoms with van der Waals surface area (Å²) in [6, 6.07) is 2.82. The summed E-state index contributed by atoms with van der Waals surface area (Å²) in [6.45, 7) is 7.73. The summed E-state index contributed by atoms with van der Waals surface area (Å²) in [5.41, 5.74) is 7.36. The number of hydrogen-bond donors (Lipinski definition) is 1. The lowest BCUT2D eigenvalue weighted by molar-refractivity contribution is 0.233. The molecule has 1 saturated heterocycles. The van der Waals surface area contributed by atoms with Crippen molar-refractivity contribution in [1.29, 1.82) is 0 Å². The summed E-state index contributed by atoms with van der Waals surface area (Å²) in [4.78, 5) is 4.16. The lowest BCUT2D eigenvalue weighted by Crippen LogP contribution is -2.28. The molecule has 0 amide bonds. The number of rotatable bonds is 4. The zero-order valence-electron chi connectivity index (χ0n) is 10.3. The van der Waals surface area contributed by atoms with Crippen LogP contribution in [0.3, 0.4) is 0 Å². The fourth-order valence-corrected chi connectivity index (χ4v) is 3.93. The van der Waals surface area contributed by atoms with E-state index in [0.717, 1.165) is 6.54 Å². The van der Waals surface area contributed by atoms with Crippen molar-refractivity contribution in [3.63, 3.8) is 0 Å². The maximum absolute atomic E-state index is 5.92. The van der Waals surface area contributed by atoms with Gasteiger partial charge >= 0.3 is 0 Å². The van der Waals surface area contributed by atoms with Crippen molar-refractivity contribution in [2.45, 2.75) is 32.7 Å². The molecule has 2 nitrogen and oxygen atoms in total. The van der Waals surface area contributed by atoms with Crippen LogP contribution in [0.5, 0.6) is 0 Å². The highest BCUT2D eigenvalue weighted by atomic mass is 32.1. The van der Waals surface area contributed by atoms with E-state index < -0.39 is 0 Å². The maximum Gasteiger partial charge on any atom is 0.0484 e. The summed E-state index contributed by atoms with van der Waals surface area (Å²) in [5, 5.41) is 2.21. The van der Waals surface area contributed by atoms with Crippen LogP contribution in [0.25, 0.3) is 0 Å². The minimum atomic E-state index is 0.588. The Bertz CT molecular complexity index is 334. The topological polar surface area (TPSA) is 29.3 Å². The Labute approximate surface area is 102 Å². The van der Waals surface area contributed by atoms with Gasteiger partial charge in [-0.05, 0) is 62.3 Å². The zero-order valence-corrected chi connectivity index (χ0v) is 11.1. The van der Waals surface area contributed by atoms with E-state index in [2.05, 4.69) is 30.2 Å². The van der Waals surface area contributed by atoms with Crippen molar-refractivity contribution in [1.82, 2.24) is 4.90 Å². The number of aryl methyl sites for hydroxylation is 1. The van der Waals surface area contributed by atoms with Gasteiger partial charge in [0.05, 0.1) is 0 Å². The van der Waals surface area contributed by atoms with Crippen molar-refractivity contribution < 1.29 is 0 Å². The van der Waals surface area contributed by atoms with Crippen LogP contribution in [-0.2, 0) is 0 Å². The first-order valence-corrected chi connectivity index (χ1v) is 7.14. The van der Waals surface area contributed by atoms with Crippen molar-refractivity contribution >= 4 is 11.3 Å². The molecule has 90 valence electrons. The van der Waals surface area contributed by atoms with E-state index in [1.54, 1.807) is 4.88 Å². The quantitative estimate of drug-likeness (QED) is 0.874. The minimum absolute atomic E-state index is 0.588. The molecule has 3 heteroatoms. The molecular formula is C13H22N2S. The monoisotopic (exact) mass is 238 g/mol. The molecule has 16 heavy (non-hydrogen) atoms. The van der Waals surface area contributed by atoms with Gasteiger partial charge in [0, 0.05) is 10.9 Å². The zero-order chi connectivity index (χ0) is 11.5. The van der Waals surface area contributed by atoms with Crippen LogP contribution in [0, 0.1) is 12.8 Å². The first-order valence-electron chi connectivity index (χ1n) is 6.26. The van der Waals surface area contributed by atoms with Gasteiger partial charge in [-0.3, -0.25) is 4.90 Å². The Kier molecular flexibility index (Phi) is 4.00. The number of likely N-dealkylation sites (tertiary alicyclic amines) is 1. The molecule has 1 fully saturated rings. The third-order valence-corrected chi connectivity index (χ3v) is 4.70. The molecule has 1 aromatic rings. The first-order chi connectivity index (χ1) is 7.77. The van der Waals surface area contributed by atoms with Crippen molar-refractivity contribution in [2.75, 3.05) is 19.6 Å². The highest BCUT2D eigenvalue weighted by Gasteiger charge is 2.35. The van der Waals surface area contributed by atoms with Crippen molar-refractivity contribution in [3.05, 3.63) is 21.9 Å². The number of hydrogen-bond acceptors (Lipinski definition) is 3. The predicted molar refractivity (Wildman–Crippen MR) is 70.8 cm³/mol. The molecule has 0 bridgehead atoms.